The average Bonchev–Trinajstić information content (AvgIpc) is 3.77. The van der Waals surface area contributed by atoms with Crippen LogP contribution in [0.4, 0.5) is 0 Å². The van der Waals surface area contributed by atoms with Crippen LogP contribution in [-0.4, -0.2) is 15.0 Å². The van der Waals surface area contributed by atoms with E-state index >= 15 is 0 Å². The van der Waals surface area contributed by atoms with Gasteiger partial charge >= 0.3 is 0 Å². The van der Waals surface area contributed by atoms with E-state index in [1.54, 1.807) is 0 Å². The number of fused-ring (bicyclic) bond motifs is 6. The predicted molar refractivity (Wildman–Crippen MR) is 202 cm³/mol. The number of furan rings is 2. The Labute approximate surface area is 287 Å². The van der Waals surface area contributed by atoms with Gasteiger partial charge in [0.15, 0.2) is 11.6 Å². The molecular weight excluding hydrogens is 615 g/mol. The van der Waals surface area contributed by atoms with E-state index in [9.17, 15) is 0 Å². The summed E-state index contributed by atoms with van der Waals surface area (Å²) in [4.78, 5) is 15.5. The molecule has 0 radical (unpaired) electrons. The molecular formula is C45H29N3O2. The standard InChI is InChI=1S/C45H29N3O2/c1-3-11-28(12-4-1)29-21-23-30(24-22-29)32-25-26-38-36(27-32)42-35(17-10-20-40(42)50-38)45-47-43(31-13-5-2-6-14-31)46-44(48-45)34-16-9-19-39-41(34)33-15-7-8-18-37(33)49-39/h1-13,15-27,31H,14H2. The summed E-state index contributed by atoms with van der Waals surface area (Å²) >= 11 is 0. The molecule has 5 heteroatoms. The number of hydrogen-bond donors (Lipinski definition) is 0. The van der Waals surface area contributed by atoms with Crippen LogP contribution in [0.2, 0.25) is 0 Å². The first-order chi connectivity index (χ1) is 24.8. The minimum atomic E-state index is 0.0338. The highest BCUT2D eigenvalue weighted by molar-refractivity contribution is 6.13. The molecule has 1 aliphatic carbocycles. The molecule has 1 atom stereocenters. The molecule has 10 rings (SSSR count). The normalized spacial score (nSPS) is 14.4. The molecule has 0 amide bonds. The number of nitrogens with zero attached hydrogens (tertiary/aromatic N) is 3. The van der Waals surface area contributed by atoms with Crippen molar-refractivity contribution in [2.24, 2.45) is 0 Å². The van der Waals surface area contributed by atoms with Gasteiger partial charge < -0.3 is 8.83 Å². The molecule has 5 nitrogen and oxygen atoms in total. The molecule has 0 saturated carbocycles. The van der Waals surface area contributed by atoms with Crippen LogP contribution in [0, 0.1) is 0 Å². The van der Waals surface area contributed by atoms with Crippen molar-refractivity contribution < 1.29 is 8.83 Å². The van der Waals surface area contributed by atoms with Gasteiger partial charge in [-0.05, 0) is 59.0 Å². The van der Waals surface area contributed by atoms with Crippen molar-refractivity contribution in [3.8, 4) is 45.0 Å². The molecule has 9 aromatic rings. The van der Waals surface area contributed by atoms with Gasteiger partial charge in [-0.1, -0.05) is 127 Å². The molecule has 6 aromatic carbocycles. The molecule has 1 aliphatic rings. The van der Waals surface area contributed by atoms with Crippen LogP contribution in [0.5, 0.6) is 0 Å². The van der Waals surface area contributed by atoms with Crippen LogP contribution >= 0.6 is 0 Å². The van der Waals surface area contributed by atoms with E-state index < -0.39 is 0 Å². The molecule has 0 saturated heterocycles. The first kappa shape index (κ1) is 28.4. The molecule has 0 N–H and O–H groups in total. The van der Waals surface area contributed by atoms with E-state index in [-0.39, 0.29) is 5.92 Å². The summed E-state index contributed by atoms with van der Waals surface area (Å²) in [5.41, 5.74) is 9.72. The van der Waals surface area contributed by atoms with E-state index in [1.165, 1.54) is 11.1 Å². The number of benzene rings is 6. The summed E-state index contributed by atoms with van der Waals surface area (Å²) in [7, 11) is 0. The second kappa shape index (κ2) is 11.5. The van der Waals surface area contributed by atoms with Gasteiger partial charge in [-0.25, -0.2) is 15.0 Å². The monoisotopic (exact) mass is 643 g/mol. The molecule has 50 heavy (non-hydrogen) atoms. The maximum absolute atomic E-state index is 6.44. The second-order valence-corrected chi connectivity index (χ2v) is 12.7. The minimum Gasteiger partial charge on any atom is -0.456 e. The van der Waals surface area contributed by atoms with Crippen LogP contribution in [0.25, 0.3) is 88.9 Å². The van der Waals surface area contributed by atoms with Crippen molar-refractivity contribution in [1.29, 1.82) is 0 Å². The summed E-state index contributed by atoms with van der Waals surface area (Å²) in [6.45, 7) is 0. The van der Waals surface area contributed by atoms with Crippen molar-refractivity contribution in [3.05, 3.63) is 164 Å². The summed E-state index contributed by atoms with van der Waals surface area (Å²) in [5, 5.41) is 4.04. The third-order valence-corrected chi connectivity index (χ3v) is 9.67. The Bertz CT molecular complexity index is 2790. The average molecular weight is 644 g/mol. The first-order valence-corrected chi connectivity index (χ1v) is 16.9. The summed E-state index contributed by atoms with van der Waals surface area (Å²) in [5.74, 6) is 2.00. The van der Waals surface area contributed by atoms with Gasteiger partial charge in [0.05, 0.1) is 0 Å². The van der Waals surface area contributed by atoms with E-state index in [0.717, 1.165) is 78.4 Å². The largest absolute Gasteiger partial charge is 0.456 e. The van der Waals surface area contributed by atoms with Gasteiger partial charge in [0, 0.05) is 38.6 Å². The fraction of sp³-hybridized carbons (Fsp3) is 0.0444. The summed E-state index contributed by atoms with van der Waals surface area (Å²) < 4.78 is 12.7. The van der Waals surface area contributed by atoms with Crippen LogP contribution in [0.15, 0.2) is 167 Å². The van der Waals surface area contributed by atoms with E-state index in [0.29, 0.717) is 11.6 Å². The Morgan fingerprint density at radius 2 is 1.04 bits per heavy atom. The molecule has 3 heterocycles. The van der Waals surface area contributed by atoms with Crippen LogP contribution < -0.4 is 0 Å². The van der Waals surface area contributed by atoms with Gasteiger partial charge in [0.1, 0.15) is 28.2 Å². The molecule has 0 spiro atoms. The molecule has 236 valence electrons. The highest BCUT2D eigenvalue weighted by Crippen LogP contribution is 2.40. The zero-order chi connectivity index (χ0) is 33.0. The summed E-state index contributed by atoms with van der Waals surface area (Å²) in [6.07, 6.45) is 9.29. The van der Waals surface area contributed by atoms with Crippen molar-refractivity contribution in [2.45, 2.75) is 12.3 Å². The number of aromatic nitrogens is 3. The van der Waals surface area contributed by atoms with Gasteiger partial charge in [-0.15, -0.1) is 0 Å². The zero-order valence-corrected chi connectivity index (χ0v) is 27.0. The third kappa shape index (κ3) is 4.74. The predicted octanol–water partition coefficient (Wildman–Crippen LogP) is 11.9. The molecule has 1 unspecified atom stereocenters. The second-order valence-electron chi connectivity index (χ2n) is 12.7. The lowest BCUT2D eigenvalue weighted by atomic mass is 9.98. The first-order valence-electron chi connectivity index (χ1n) is 16.9. The quantitative estimate of drug-likeness (QED) is 0.187. The Morgan fingerprint density at radius 3 is 1.74 bits per heavy atom. The number of para-hydroxylation sites is 1. The third-order valence-electron chi connectivity index (χ3n) is 9.67. The van der Waals surface area contributed by atoms with Crippen molar-refractivity contribution >= 4 is 43.9 Å². The molecule has 3 aromatic heterocycles. The van der Waals surface area contributed by atoms with E-state index in [4.69, 9.17) is 23.8 Å². The molecule has 0 fully saturated rings. The lowest BCUT2D eigenvalue weighted by molar-refractivity contribution is 0.668. The fourth-order valence-corrected chi connectivity index (χ4v) is 7.21. The van der Waals surface area contributed by atoms with Crippen LogP contribution in [-0.2, 0) is 0 Å². The number of rotatable bonds is 5. The molecule has 0 aliphatic heterocycles. The minimum absolute atomic E-state index is 0.0338. The SMILES string of the molecule is C1=CCC(c2nc(-c3cccc4oc5ccccc5c34)nc(-c3cccc4oc5ccc(-c6ccc(-c7ccccc7)cc6)cc5c34)n2)C=C1. The smallest absolute Gasteiger partial charge is 0.164 e. The molecule has 0 bridgehead atoms. The number of allylic oxidation sites excluding steroid dienone is 4. The highest BCUT2D eigenvalue weighted by Gasteiger charge is 2.22. The van der Waals surface area contributed by atoms with Gasteiger partial charge in [0.2, 0.25) is 0 Å². The van der Waals surface area contributed by atoms with Crippen LogP contribution in [0.1, 0.15) is 18.2 Å². The van der Waals surface area contributed by atoms with Gasteiger partial charge in [-0.2, -0.15) is 0 Å². The van der Waals surface area contributed by atoms with E-state index in [2.05, 4.69) is 109 Å². The zero-order valence-electron chi connectivity index (χ0n) is 27.0. The van der Waals surface area contributed by atoms with Crippen molar-refractivity contribution in [1.82, 2.24) is 15.0 Å². The Balaban J connectivity index is 1.16. The Kier molecular flexibility index (Phi) is 6.56. The lowest BCUT2D eigenvalue weighted by Gasteiger charge is -2.15. The topological polar surface area (TPSA) is 65.0 Å². The van der Waals surface area contributed by atoms with Crippen molar-refractivity contribution in [3.63, 3.8) is 0 Å². The lowest BCUT2D eigenvalue weighted by Crippen LogP contribution is -2.08. The highest BCUT2D eigenvalue weighted by atomic mass is 16.3. The number of hydrogen-bond acceptors (Lipinski definition) is 5. The maximum Gasteiger partial charge on any atom is 0.164 e. The van der Waals surface area contributed by atoms with Crippen LogP contribution in [0.3, 0.4) is 0 Å². The maximum atomic E-state index is 6.44. The summed E-state index contributed by atoms with van der Waals surface area (Å²) in [6, 6.07) is 45.9. The van der Waals surface area contributed by atoms with Gasteiger partial charge in [-0.3, -0.25) is 0 Å². The fourth-order valence-electron chi connectivity index (χ4n) is 7.21. The van der Waals surface area contributed by atoms with Crippen molar-refractivity contribution in [2.75, 3.05) is 0 Å². The Morgan fingerprint density at radius 1 is 0.460 bits per heavy atom. The Hall–Kier alpha value is -6.59. The van der Waals surface area contributed by atoms with E-state index in [1.807, 2.05) is 48.5 Å². The van der Waals surface area contributed by atoms with Gasteiger partial charge in [0.25, 0.3) is 0 Å².